The Morgan fingerprint density at radius 3 is 2.88 bits per heavy atom. The number of fused-ring (bicyclic) bond motifs is 1. The molecule has 5 nitrogen and oxygen atoms in total. The maximum absolute atomic E-state index is 11.8. The molecule has 0 radical (unpaired) electrons. The second kappa shape index (κ2) is 4.13. The molecule has 2 aromatic heterocycles. The van der Waals surface area contributed by atoms with Gasteiger partial charge in [-0.1, -0.05) is 18.7 Å². The van der Waals surface area contributed by atoms with Crippen molar-refractivity contribution in [1.29, 1.82) is 0 Å². The van der Waals surface area contributed by atoms with E-state index >= 15 is 0 Å². The van der Waals surface area contributed by atoms with Crippen molar-refractivity contribution in [3.63, 3.8) is 0 Å². The lowest BCUT2D eigenvalue weighted by Gasteiger charge is -2.02. The zero-order valence-corrected chi connectivity index (χ0v) is 9.68. The number of hydrogen-bond donors (Lipinski definition) is 1. The standard InChI is InChI=1S/C10H10N2O3S/c1-3-5-4-6(13)15-9-7(5)8(14)11-10(12-9)16-2/h4H,3H2,1-2H3,(H,11,12,14). The summed E-state index contributed by atoms with van der Waals surface area (Å²) in [7, 11) is 0. The maximum atomic E-state index is 11.8. The predicted molar refractivity (Wildman–Crippen MR) is 62.1 cm³/mol. The van der Waals surface area contributed by atoms with Gasteiger partial charge in [0.1, 0.15) is 5.39 Å². The zero-order valence-electron chi connectivity index (χ0n) is 8.86. The van der Waals surface area contributed by atoms with Crippen LogP contribution in [0.5, 0.6) is 0 Å². The van der Waals surface area contributed by atoms with Crippen LogP contribution in [0, 0.1) is 0 Å². The molecule has 6 heteroatoms. The van der Waals surface area contributed by atoms with Gasteiger partial charge < -0.3 is 9.40 Å². The van der Waals surface area contributed by atoms with Crippen molar-refractivity contribution in [1.82, 2.24) is 9.97 Å². The molecule has 0 aliphatic heterocycles. The fourth-order valence-corrected chi connectivity index (χ4v) is 1.87. The molecule has 0 unspecified atom stereocenters. The first-order chi connectivity index (χ1) is 7.65. The van der Waals surface area contributed by atoms with Crippen molar-refractivity contribution in [2.75, 3.05) is 6.26 Å². The smallest absolute Gasteiger partial charge is 0.337 e. The first-order valence-electron chi connectivity index (χ1n) is 4.76. The van der Waals surface area contributed by atoms with Crippen molar-refractivity contribution in [2.45, 2.75) is 18.5 Å². The molecule has 2 aromatic rings. The Labute approximate surface area is 94.9 Å². The molecular weight excluding hydrogens is 228 g/mol. The third kappa shape index (κ3) is 1.76. The van der Waals surface area contributed by atoms with Crippen LogP contribution in [0.2, 0.25) is 0 Å². The molecule has 0 aliphatic carbocycles. The van der Waals surface area contributed by atoms with Crippen molar-refractivity contribution >= 4 is 22.9 Å². The summed E-state index contributed by atoms with van der Waals surface area (Å²) in [5, 5.41) is 0.800. The topological polar surface area (TPSA) is 76.0 Å². The third-order valence-electron chi connectivity index (χ3n) is 2.25. The molecule has 0 bridgehead atoms. The quantitative estimate of drug-likeness (QED) is 0.627. The molecule has 0 atom stereocenters. The summed E-state index contributed by atoms with van der Waals surface area (Å²) in [4.78, 5) is 29.7. The molecule has 1 N–H and O–H groups in total. The minimum absolute atomic E-state index is 0.109. The van der Waals surface area contributed by atoms with Crippen LogP contribution in [0.4, 0.5) is 0 Å². The fraction of sp³-hybridized carbons (Fsp3) is 0.300. The van der Waals surface area contributed by atoms with Crippen LogP contribution in [0.1, 0.15) is 12.5 Å². The van der Waals surface area contributed by atoms with E-state index < -0.39 is 5.63 Å². The number of aryl methyl sites for hydroxylation is 1. The van der Waals surface area contributed by atoms with Gasteiger partial charge in [0.25, 0.3) is 5.56 Å². The van der Waals surface area contributed by atoms with Crippen LogP contribution < -0.4 is 11.2 Å². The number of hydrogen-bond acceptors (Lipinski definition) is 5. The van der Waals surface area contributed by atoms with Gasteiger partial charge in [-0.3, -0.25) is 4.79 Å². The number of aromatic nitrogens is 2. The normalized spacial score (nSPS) is 10.9. The molecule has 0 saturated heterocycles. The summed E-state index contributed by atoms with van der Waals surface area (Å²) in [6.45, 7) is 1.87. The second-order valence-corrected chi connectivity index (χ2v) is 3.99. The van der Waals surface area contributed by atoms with Crippen LogP contribution in [0.15, 0.2) is 25.2 Å². The van der Waals surface area contributed by atoms with Gasteiger partial charge in [0.2, 0.25) is 5.71 Å². The third-order valence-corrected chi connectivity index (χ3v) is 2.83. The van der Waals surface area contributed by atoms with Gasteiger partial charge in [-0.2, -0.15) is 4.98 Å². The summed E-state index contributed by atoms with van der Waals surface area (Å²) in [6.07, 6.45) is 2.37. The monoisotopic (exact) mass is 238 g/mol. The van der Waals surface area contributed by atoms with E-state index in [1.807, 2.05) is 6.92 Å². The van der Waals surface area contributed by atoms with Crippen LogP contribution >= 0.6 is 11.8 Å². The van der Waals surface area contributed by atoms with Gasteiger partial charge >= 0.3 is 5.63 Å². The molecular formula is C10H10N2O3S. The molecule has 0 fully saturated rings. The molecule has 2 rings (SSSR count). The van der Waals surface area contributed by atoms with Crippen LogP contribution in [-0.4, -0.2) is 16.2 Å². The Hall–Kier alpha value is -1.56. The summed E-state index contributed by atoms with van der Waals surface area (Å²) < 4.78 is 4.93. The van der Waals surface area contributed by atoms with Gasteiger partial charge in [0.05, 0.1) is 0 Å². The molecule has 0 saturated carbocycles. The Balaban J connectivity index is 2.94. The number of nitrogens with one attached hydrogen (secondary N) is 1. The Kier molecular flexibility index (Phi) is 2.82. The first-order valence-corrected chi connectivity index (χ1v) is 5.99. The van der Waals surface area contributed by atoms with Crippen LogP contribution in [0.3, 0.4) is 0 Å². The molecule has 0 spiro atoms. The van der Waals surface area contributed by atoms with E-state index in [4.69, 9.17) is 4.42 Å². The summed E-state index contributed by atoms with van der Waals surface area (Å²) in [5.41, 5.74) is 0.0227. The molecule has 2 heterocycles. The van der Waals surface area contributed by atoms with Gasteiger partial charge in [0, 0.05) is 6.07 Å². The van der Waals surface area contributed by atoms with Crippen molar-refractivity contribution in [2.24, 2.45) is 0 Å². The molecule has 16 heavy (non-hydrogen) atoms. The van der Waals surface area contributed by atoms with E-state index in [2.05, 4.69) is 9.97 Å². The maximum Gasteiger partial charge on any atom is 0.337 e. The largest absolute Gasteiger partial charge is 0.403 e. The molecule has 84 valence electrons. The highest BCUT2D eigenvalue weighted by atomic mass is 32.2. The SMILES string of the molecule is CCc1cc(=O)oc2nc(SC)[nH]c(=O)c12. The highest BCUT2D eigenvalue weighted by Crippen LogP contribution is 2.14. The first kappa shape index (κ1) is 10.9. The van der Waals surface area contributed by atoms with Crippen molar-refractivity contribution in [3.05, 3.63) is 32.4 Å². The van der Waals surface area contributed by atoms with Crippen molar-refractivity contribution < 1.29 is 4.42 Å². The highest BCUT2D eigenvalue weighted by molar-refractivity contribution is 7.98. The van der Waals surface area contributed by atoms with Crippen molar-refractivity contribution in [3.8, 4) is 0 Å². The van der Waals surface area contributed by atoms with E-state index in [-0.39, 0.29) is 11.3 Å². The van der Waals surface area contributed by atoms with E-state index in [1.54, 1.807) is 6.26 Å². The minimum Gasteiger partial charge on any atom is -0.403 e. The summed E-state index contributed by atoms with van der Waals surface area (Å²) in [6, 6.07) is 1.33. The molecule has 0 aliphatic rings. The Morgan fingerprint density at radius 2 is 2.25 bits per heavy atom. The van der Waals surface area contributed by atoms with Gasteiger partial charge in [0.15, 0.2) is 5.16 Å². The average Bonchev–Trinajstić information content (AvgIpc) is 2.26. The zero-order chi connectivity index (χ0) is 11.7. The lowest BCUT2D eigenvalue weighted by molar-refractivity contribution is 0.541. The lowest BCUT2D eigenvalue weighted by Crippen LogP contribution is -2.14. The van der Waals surface area contributed by atoms with Crippen LogP contribution in [0.25, 0.3) is 11.1 Å². The second-order valence-electron chi connectivity index (χ2n) is 3.20. The summed E-state index contributed by atoms with van der Waals surface area (Å²) >= 11 is 1.29. The number of H-pyrrole nitrogens is 1. The van der Waals surface area contributed by atoms with Gasteiger partial charge in [-0.15, -0.1) is 0 Å². The van der Waals surface area contributed by atoms with E-state index in [1.165, 1.54) is 17.8 Å². The molecule has 0 amide bonds. The predicted octanol–water partition coefficient (Wildman–Crippen LogP) is 1.16. The number of thioether (sulfide) groups is 1. The Morgan fingerprint density at radius 1 is 1.50 bits per heavy atom. The van der Waals surface area contributed by atoms with E-state index in [0.717, 1.165) is 0 Å². The van der Waals surface area contributed by atoms with E-state index in [9.17, 15) is 9.59 Å². The number of nitrogens with zero attached hydrogens (tertiary/aromatic N) is 1. The van der Waals surface area contributed by atoms with Crippen LogP contribution in [-0.2, 0) is 6.42 Å². The summed E-state index contributed by atoms with van der Waals surface area (Å²) in [5.74, 6) is 0. The van der Waals surface area contributed by atoms with E-state index in [0.29, 0.717) is 22.5 Å². The number of aromatic amines is 1. The minimum atomic E-state index is -0.477. The number of rotatable bonds is 2. The average molecular weight is 238 g/mol. The lowest BCUT2D eigenvalue weighted by atomic mass is 10.1. The van der Waals surface area contributed by atoms with Gasteiger partial charge in [-0.25, -0.2) is 4.79 Å². The van der Waals surface area contributed by atoms with Gasteiger partial charge in [-0.05, 0) is 18.2 Å². The highest BCUT2D eigenvalue weighted by Gasteiger charge is 2.10. The Bertz CT molecular complexity index is 645. The fourth-order valence-electron chi connectivity index (χ4n) is 1.50. The molecule has 0 aromatic carbocycles.